The van der Waals surface area contributed by atoms with Crippen LogP contribution in [0.4, 0.5) is 0 Å². The quantitative estimate of drug-likeness (QED) is 0.755. The van der Waals surface area contributed by atoms with Gasteiger partial charge in [0.25, 0.3) is 0 Å². The minimum atomic E-state index is -0.0392. The Hall–Kier alpha value is -0.160. The summed E-state index contributed by atoms with van der Waals surface area (Å²) in [5, 5.41) is 0. The van der Waals surface area contributed by atoms with Crippen LogP contribution in [-0.4, -0.2) is 57.0 Å². The lowest BCUT2D eigenvalue weighted by molar-refractivity contribution is -0.0169. The maximum Gasteiger partial charge on any atom is 0.0661 e. The Balaban J connectivity index is 2.79. The van der Waals surface area contributed by atoms with E-state index in [1.165, 1.54) is 0 Å². The van der Waals surface area contributed by atoms with Crippen LogP contribution in [-0.2, 0) is 9.47 Å². The van der Waals surface area contributed by atoms with Crippen molar-refractivity contribution in [1.29, 1.82) is 0 Å². The van der Waals surface area contributed by atoms with Crippen LogP contribution >= 0.6 is 0 Å². The molecule has 16 heavy (non-hydrogen) atoms. The average Bonchev–Trinajstić information content (AvgIpc) is 2.54. The zero-order valence-electron chi connectivity index (χ0n) is 10.9. The largest absolute Gasteiger partial charge is 0.383 e. The first-order chi connectivity index (χ1) is 7.67. The van der Waals surface area contributed by atoms with E-state index in [9.17, 15) is 0 Å². The SMILES string of the molecule is COCC(CN)(C(C)C)N1CCCOCC1. The lowest BCUT2D eigenvalue weighted by Gasteiger charge is -2.45. The van der Waals surface area contributed by atoms with Crippen LogP contribution < -0.4 is 5.73 Å². The van der Waals surface area contributed by atoms with Crippen molar-refractivity contribution >= 4 is 0 Å². The lowest BCUT2D eigenvalue weighted by atomic mass is 9.85. The summed E-state index contributed by atoms with van der Waals surface area (Å²) in [6, 6.07) is 0. The molecule has 0 spiro atoms. The fraction of sp³-hybridized carbons (Fsp3) is 1.00. The van der Waals surface area contributed by atoms with Gasteiger partial charge in [-0.2, -0.15) is 0 Å². The highest BCUT2D eigenvalue weighted by atomic mass is 16.5. The molecule has 1 aliphatic rings. The fourth-order valence-corrected chi connectivity index (χ4v) is 2.49. The van der Waals surface area contributed by atoms with E-state index in [0.29, 0.717) is 19.1 Å². The second-order valence-electron chi connectivity index (χ2n) is 4.85. The summed E-state index contributed by atoms with van der Waals surface area (Å²) in [4.78, 5) is 2.45. The van der Waals surface area contributed by atoms with Crippen LogP contribution in [0, 0.1) is 5.92 Å². The molecule has 1 aliphatic heterocycles. The van der Waals surface area contributed by atoms with Gasteiger partial charge >= 0.3 is 0 Å². The molecule has 1 atom stereocenters. The van der Waals surface area contributed by atoms with Crippen molar-refractivity contribution in [3.63, 3.8) is 0 Å². The molecule has 0 aromatic rings. The third kappa shape index (κ3) is 2.94. The zero-order chi connectivity index (χ0) is 12.0. The van der Waals surface area contributed by atoms with Crippen molar-refractivity contribution in [2.75, 3.05) is 46.6 Å². The molecule has 0 aliphatic carbocycles. The normalized spacial score (nSPS) is 23.1. The molecule has 4 heteroatoms. The summed E-state index contributed by atoms with van der Waals surface area (Å²) in [6.45, 7) is 9.45. The van der Waals surface area contributed by atoms with Gasteiger partial charge < -0.3 is 15.2 Å². The minimum absolute atomic E-state index is 0.0392. The van der Waals surface area contributed by atoms with Gasteiger partial charge in [-0.1, -0.05) is 13.8 Å². The molecule has 0 amide bonds. The lowest BCUT2D eigenvalue weighted by Crippen LogP contribution is -2.61. The zero-order valence-corrected chi connectivity index (χ0v) is 10.9. The number of hydrogen-bond donors (Lipinski definition) is 1. The van der Waals surface area contributed by atoms with Crippen LogP contribution in [0.1, 0.15) is 20.3 Å². The topological polar surface area (TPSA) is 47.7 Å². The molecular formula is C12H26N2O2. The highest BCUT2D eigenvalue weighted by Gasteiger charge is 2.38. The van der Waals surface area contributed by atoms with Crippen molar-refractivity contribution in [3.8, 4) is 0 Å². The Labute approximate surface area is 99.1 Å². The van der Waals surface area contributed by atoms with E-state index in [4.69, 9.17) is 15.2 Å². The third-order valence-corrected chi connectivity index (χ3v) is 3.67. The maximum atomic E-state index is 6.01. The van der Waals surface area contributed by atoms with Gasteiger partial charge in [0.05, 0.1) is 18.8 Å². The number of methoxy groups -OCH3 is 1. The van der Waals surface area contributed by atoms with Crippen LogP contribution in [0.25, 0.3) is 0 Å². The monoisotopic (exact) mass is 230 g/mol. The fourth-order valence-electron chi connectivity index (χ4n) is 2.49. The summed E-state index contributed by atoms with van der Waals surface area (Å²) in [6.07, 6.45) is 1.08. The third-order valence-electron chi connectivity index (χ3n) is 3.67. The van der Waals surface area contributed by atoms with E-state index >= 15 is 0 Å². The van der Waals surface area contributed by atoms with Gasteiger partial charge in [-0.25, -0.2) is 0 Å². The first kappa shape index (κ1) is 13.9. The van der Waals surface area contributed by atoms with Gasteiger partial charge in [0.1, 0.15) is 0 Å². The number of nitrogens with zero attached hydrogens (tertiary/aromatic N) is 1. The second-order valence-corrected chi connectivity index (χ2v) is 4.85. The molecule has 1 rings (SSSR count). The van der Waals surface area contributed by atoms with Gasteiger partial charge in [-0.15, -0.1) is 0 Å². The average molecular weight is 230 g/mol. The van der Waals surface area contributed by atoms with E-state index < -0.39 is 0 Å². The van der Waals surface area contributed by atoms with Crippen molar-refractivity contribution in [3.05, 3.63) is 0 Å². The molecule has 2 N–H and O–H groups in total. The molecular weight excluding hydrogens is 204 g/mol. The number of ether oxygens (including phenoxy) is 2. The molecule has 0 aromatic carbocycles. The minimum Gasteiger partial charge on any atom is -0.383 e. The van der Waals surface area contributed by atoms with Crippen LogP contribution in [0.5, 0.6) is 0 Å². The van der Waals surface area contributed by atoms with Gasteiger partial charge in [0.15, 0.2) is 0 Å². The summed E-state index contributed by atoms with van der Waals surface area (Å²) >= 11 is 0. The van der Waals surface area contributed by atoms with E-state index in [1.807, 2.05) is 0 Å². The van der Waals surface area contributed by atoms with Crippen molar-refractivity contribution < 1.29 is 9.47 Å². The molecule has 0 saturated carbocycles. The summed E-state index contributed by atoms with van der Waals surface area (Å²) in [5.74, 6) is 0.482. The number of rotatable bonds is 5. The Morgan fingerprint density at radius 3 is 2.69 bits per heavy atom. The molecule has 0 bridgehead atoms. The van der Waals surface area contributed by atoms with E-state index in [1.54, 1.807) is 7.11 Å². The van der Waals surface area contributed by atoms with E-state index in [2.05, 4.69) is 18.7 Å². The Morgan fingerprint density at radius 1 is 1.38 bits per heavy atom. The predicted octanol–water partition coefficient (Wildman–Crippen LogP) is 0.709. The van der Waals surface area contributed by atoms with Gasteiger partial charge in [-0.05, 0) is 12.3 Å². The molecule has 0 aromatic heterocycles. The van der Waals surface area contributed by atoms with E-state index in [-0.39, 0.29) is 5.54 Å². The first-order valence-electron chi connectivity index (χ1n) is 6.19. The van der Waals surface area contributed by atoms with E-state index in [0.717, 1.165) is 32.7 Å². The molecule has 1 saturated heterocycles. The van der Waals surface area contributed by atoms with Gasteiger partial charge in [-0.3, -0.25) is 4.90 Å². The summed E-state index contributed by atoms with van der Waals surface area (Å²) in [5.41, 5.74) is 5.97. The van der Waals surface area contributed by atoms with Crippen molar-refractivity contribution in [2.24, 2.45) is 11.7 Å². The number of nitrogens with two attached hydrogens (primary N) is 1. The summed E-state index contributed by atoms with van der Waals surface area (Å²) in [7, 11) is 1.75. The van der Waals surface area contributed by atoms with Crippen molar-refractivity contribution in [1.82, 2.24) is 4.90 Å². The van der Waals surface area contributed by atoms with Crippen LogP contribution in [0.2, 0.25) is 0 Å². The number of hydrogen-bond acceptors (Lipinski definition) is 4. The molecule has 1 heterocycles. The Kier molecular flexibility index (Phi) is 5.69. The highest BCUT2D eigenvalue weighted by Crippen LogP contribution is 2.25. The molecule has 0 radical (unpaired) electrons. The molecule has 1 fully saturated rings. The van der Waals surface area contributed by atoms with Gasteiger partial charge in [0.2, 0.25) is 0 Å². The van der Waals surface area contributed by atoms with Crippen LogP contribution in [0.3, 0.4) is 0 Å². The second kappa shape index (κ2) is 6.55. The molecule has 96 valence electrons. The molecule has 4 nitrogen and oxygen atoms in total. The maximum absolute atomic E-state index is 6.01. The molecule has 1 unspecified atom stereocenters. The Morgan fingerprint density at radius 2 is 2.12 bits per heavy atom. The van der Waals surface area contributed by atoms with Crippen LogP contribution in [0.15, 0.2) is 0 Å². The Bertz CT molecular complexity index is 191. The van der Waals surface area contributed by atoms with Crippen molar-refractivity contribution in [2.45, 2.75) is 25.8 Å². The van der Waals surface area contributed by atoms with Gasteiger partial charge in [0, 0.05) is 33.4 Å². The smallest absolute Gasteiger partial charge is 0.0661 e. The standard InChI is InChI=1S/C12H26N2O2/c1-11(2)12(9-13,10-15-3)14-5-4-7-16-8-6-14/h11H,4-10,13H2,1-3H3. The predicted molar refractivity (Wildman–Crippen MR) is 65.5 cm³/mol. The first-order valence-corrected chi connectivity index (χ1v) is 6.19. The summed E-state index contributed by atoms with van der Waals surface area (Å²) < 4.78 is 10.9. The highest BCUT2D eigenvalue weighted by molar-refractivity contribution is 4.95.